The number of carbonyl (C=O) groups excluding carboxylic acids is 1. The Kier molecular flexibility index (Phi) is 3.31. The van der Waals surface area contributed by atoms with Crippen molar-refractivity contribution in [3.63, 3.8) is 0 Å². The molecule has 1 aromatic heterocycles. The Morgan fingerprint density at radius 3 is 3.11 bits per heavy atom. The van der Waals surface area contributed by atoms with Crippen molar-refractivity contribution in [2.24, 2.45) is 0 Å². The van der Waals surface area contributed by atoms with E-state index in [1.807, 2.05) is 29.6 Å². The van der Waals surface area contributed by atoms with Crippen LogP contribution in [0.3, 0.4) is 0 Å². The van der Waals surface area contributed by atoms with E-state index in [9.17, 15) is 4.79 Å². The Hall–Kier alpha value is -1.72. The van der Waals surface area contributed by atoms with Crippen molar-refractivity contribution in [2.75, 3.05) is 17.2 Å². The number of anilines is 2. The lowest BCUT2D eigenvalue weighted by molar-refractivity contribution is -0.118. The summed E-state index contributed by atoms with van der Waals surface area (Å²) in [5.41, 5.74) is 1.62. The summed E-state index contributed by atoms with van der Waals surface area (Å²) in [6, 6.07) is 7.56. The second-order valence-electron chi connectivity index (χ2n) is 4.13. The van der Waals surface area contributed by atoms with E-state index in [0.29, 0.717) is 18.0 Å². The quantitative estimate of drug-likeness (QED) is 0.913. The van der Waals surface area contributed by atoms with Crippen molar-refractivity contribution in [1.82, 2.24) is 0 Å². The second-order valence-corrected chi connectivity index (χ2v) is 5.56. The molecular weight excluding hydrogens is 284 g/mol. The number of hydrogen-bond donors (Lipinski definition) is 2. The number of halogens is 1. The molecule has 0 aliphatic carbocycles. The van der Waals surface area contributed by atoms with E-state index in [2.05, 4.69) is 10.6 Å². The zero-order valence-corrected chi connectivity index (χ0v) is 11.5. The van der Waals surface area contributed by atoms with E-state index in [-0.39, 0.29) is 12.5 Å². The van der Waals surface area contributed by atoms with Crippen LogP contribution in [-0.4, -0.2) is 12.5 Å². The minimum Gasteiger partial charge on any atom is -0.482 e. The summed E-state index contributed by atoms with van der Waals surface area (Å²) in [4.78, 5) is 12.4. The summed E-state index contributed by atoms with van der Waals surface area (Å²) in [6.45, 7) is 0.776. The van der Waals surface area contributed by atoms with Crippen molar-refractivity contribution in [1.29, 1.82) is 0 Å². The van der Waals surface area contributed by atoms with Gasteiger partial charge in [-0.2, -0.15) is 0 Å². The van der Waals surface area contributed by atoms with E-state index in [1.165, 1.54) is 0 Å². The Morgan fingerprint density at radius 1 is 1.42 bits per heavy atom. The highest BCUT2D eigenvalue weighted by atomic mass is 35.5. The van der Waals surface area contributed by atoms with Crippen LogP contribution in [0.2, 0.25) is 5.02 Å². The first-order valence-electron chi connectivity index (χ1n) is 5.74. The zero-order chi connectivity index (χ0) is 13.2. The summed E-state index contributed by atoms with van der Waals surface area (Å²) in [7, 11) is 0. The van der Waals surface area contributed by atoms with Gasteiger partial charge >= 0.3 is 0 Å². The number of nitrogens with one attached hydrogen (secondary N) is 2. The monoisotopic (exact) mass is 294 g/mol. The van der Waals surface area contributed by atoms with Gasteiger partial charge in [0.1, 0.15) is 5.75 Å². The first-order valence-corrected chi connectivity index (χ1v) is 7.00. The molecule has 2 heterocycles. The van der Waals surface area contributed by atoms with Gasteiger partial charge in [0.2, 0.25) is 0 Å². The maximum absolute atomic E-state index is 11.2. The van der Waals surface area contributed by atoms with Gasteiger partial charge in [-0.3, -0.25) is 4.79 Å². The van der Waals surface area contributed by atoms with Gasteiger partial charge in [-0.05, 0) is 24.3 Å². The molecule has 4 nitrogen and oxygen atoms in total. The molecule has 0 saturated carbocycles. The highest BCUT2D eigenvalue weighted by molar-refractivity contribution is 7.10. The van der Waals surface area contributed by atoms with Gasteiger partial charge in [-0.15, -0.1) is 11.3 Å². The normalized spacial score (nSPS) is 13.4. The van der Waals surface area contributed by atoms with Gasteiger partial charge in [-0.25, -0.2) is 0 Å². The molecule has 0 saturated heterocycles. The second kappa shape index (κ2) is 5.11. The zero-order valence-electron chi connectivity index (χ0n) is 9.90. The van der Waals surface area contributed by atoms with Crippen LogP contribution in [0.15, 0.2) is 29.6 Å². The maximum atomic E-state index is 11.2. The molecular formula is C13H11ClN2O2S. The van der Waals surface area contributed by atoms with Crippen molar-refractivity contribution in [3.05, 3.63) is 39.5 Å². The molecule has 1 aliphatic heterocycles. The topological polar surface area (TPSA) is 50.4 Å². The van der Waals surface area contributed by atoms with Crippen LogP contribution in [0.4, 0.5) is 11.4 Å². The van der Waals surface area contributed by atoms with Gasteiger partial charge in [0.25, 0.3) is 5.91 Å². The largest absolute Gasteiger partial charge is 0.482 e. The van der Waals surface area contributed by atoms with Crippen molar-refractivity contribution in [2.45, 2.75) is 6.54 Å². The lowest BCUT2D eigenvalue weighted by Crippen LogP contribution is -2.25. The standard InChI is InChI=1S/C13H11ClN2O2S/c14-8-3-10(19-7-8)5-15-9-1-2-12-11(4-9)16-13(17)6-18-12/h1-4,7,15H,5-6H2,(H,16,17). The molecule has 0 radical (unpaired) electrons. The third kappa shape index (κ3) is 2.83. The minimum absolute atomic E-state index is 0.0769. The number of ether oxygens (including phenoxy) is 1. The van der Waals surface area contributed by atoms with E-state index >= 15 is 0 Å². The van der Waals surface area contributed by atoms with Crippen LogP contribution < -0.4 is 15.4 Å². The number of hydrogen-bond acceptors (Lipinski definition) is 4. The fourth-order valence-corrected chi connectivity index (χ4v) is 2.84. The van der Waals surface area contributed by atoms with Crippen molar-refractivity contribution in [3.8, 4) is 5.75 Å². The summed E-state index contributed by atoms with van der Waals surface area (Å²) in [5.74, 6) is 0.569. The molecule has 0 spiro atoms. The number of amides is 1. The number of benzene rings is 1. The molecule has 98 valence electrons. The van der Waals surface area contributed by atoms with Crippen LogP contribution in [0, 0.1) is 0 Å². The van der Waals surface area contributed by atoms with E-state index in [4.69, 9.17) is 16.3 Å². The van der Waals surface area contributed by atoms with Crippen molar-refractivity contribution >= 4 is 40.2 Å². The Bertz CT molecular complexity index is 627. The van der Waals surface area contributed by atoms with Gasteiger partial charge < -0.3 is 15.4 Å². The summed E-state index contributed by atoms with van der Waals surface area (Å²) < 4.78 is 5.30. The first-order chi connectivity index (χ1) is 9.20. The fraction of sp³-hybridized carbons (Fsp3) is 0.154. The van der Waals surface area contributed by atoms with Gasteiger partial charge in [0.15, 0.2) is 6.61 Å². The molecule has 0 atom stereocenters. The summed E-state index contributed by atoms with van der Waals surface area (Å²) in [6.07, 6.45) is 0. The lowest BCUT2D eigenvalue weighted by atomic mass is 10.2. The van der Waals surface area contributed by atoms with E-state index < -0.39 is 0 Å². The molecule has 3 rings (SSSR count). The summed E-state index contributed by atoms with van der Waals surface area (Å²) >= 11 is 7.48. The average molecular weight is 295 g/mol. The molecule has 2 aromatic rings. The molecule has 1 aliphatic rings. The van der Waals surface area contributed by atoms with E-state index in [1.54, 1.807) is 11.3 Å². The van der Waals surface area contributed by atoms with Crippen LogP contribution in [0.25, 0.3) is 0 Å². The minimum atomic E-state index is -0.130. The van der Waals surface area contributed by atoms with Crippen LogP contribution in [0.5, 0.6) is 5.75 Å². The smallest absolute Gasteiger partial charge is 0.262 e. The number of carbonyl (C=O) groups is 1. The first kappa shape index (κ1) is 12.3. The predicted molar refractivity (Wildman–Crippen MR) is 77.2 cm³/mol. The summed E-state index contributed by atoms with van der Waals surface area (Å²) in [5, 5.41) is 8.72. The average Bonchev–Trinajstić information content (AvgIpc) is 2.81. The Balaban J connectivity index is 1.71. The van der Waals surface area contributed by atoms with Gasteiger partial charge in [-0.1, -0.05) is 11.6 Å². The SMILES string of the molecule is O=C1COc2ccc(NCc3cc(Cl)cs3)cc2N1. The number of thiophene rings is 1. The molecule has 0 fully saturated rings. The molecule has 0 unspecified atom stereocenters. The van der Waals surface area contributed by atoms with Crippen LogP contribution >= 0.6 is 22.9 Å². The third-order valence-electron chi connectivity index (χ3n) is 2.70. The van der Waals surface area contributed by atoms with Crippen molar-refractivity contribution < 1.29 is 9.53 Å². The van der Waals surface area contributed by atoms with Gasteiger partial charge in [0, 0.05) is 22.5 Å². The van der Waals surface area contributed by atoms with Gasteiger partial charge in [0.05, 0.1) is 10.7 Å². The molecule has 1 aromatic carbocycles. The Morgan fingerprint density at radius 2 is 2.32 bits per heavy atom. The number of rotatable bonds is 3. The molecule has 6 heteroatoms. The van der Waals surface area contributed by atoms with Crippen LogP contribution in [-0.2, 0) is 11.3 Å². The maximum Gasteiger partial charge on any atom is 0.262 e. The molecule has 1 amide bonds. The Labute approximate surface area is 119 Å². The molecule has 0 bridgehead atoms. The highest BCUT2D eigenvalue weighted by Gasteiger charge is 2.15. The molecule has 2 N–H and O–H groups in total. The fourth-order valence-electron chi connectivity index (χ4n) is 1.83. The van der Waals surface area contributed by atoms with E-state index in [0.717, 1.165) is 15.6 Å². The van der Waals surface area contributed by atoms with Crippen LogP contribution in [0.1, 0.15) is 4.88 Å². The number of fused-ring (bicyclic) bond motifs is 1. The lowest BCUT2D eigenvalue weighted by Gasteiger charge is -2.18. The third-order valence-corrected chi connectivity index (χ3v) is 3.99. The highest BCUT2D eigenvalue weighted by Crippen LogP contribution is 2.30. The predicted octanol–water partition coefficient (Wildman–Crippen LogP) is 3.34. The molecule has 19 heavy (non-hydrogen) atoms.